The van der Waals surface area contributed by atoms with E-state index in [4.69, 9.17) is 9.84 Å². The Kier molecular flexibility index (Phi) is 5.04. The molecule has 0 spiro atoms. The number of nitro groups is 1. The number of ether oxygens (including phenoxy) is 1. The molecule has 0 atom stereocenters. The van der Waals surface area contributed by atoms with Gasteiger partial charge in [0.1, 0.15) is 0 Å². The van der Waals surface area contributed by atoms with Crippen LogP contribution >= 0.6 is 0 Å². The first-order chi connectivity index (χ1) is 9.26. The van der Waals surface area contributed by atoms with Crippen molar-refractivity contribution in [1.29, 1.82) is 0 Å². The predicted molar refractivity (Wildman–Crippen MR) is 74.3 cm³/mol. The highest BCUT2D eigenvalue weighted by atomic mass is 16.6. The summed E-state index contributed by atoms with van der Waals surface area (Å²) in [5.74, 6) is -1.14. The number of aromatic carboxylic acids is 1. The van der Waals surface area contributed by atoms with Crippen LogP contribution < -0.4 is 5.32 Å². The Morgan fingerprint density at radius 2 is 2.15 bits per heavy atom. The molecular weight excluding hydrogens is 264 g/mol. The second kappa shape index (κ2) is 6.33. The van der Waals surface area contributed by atoms with Gasteiger partial charge >= 0.3 is 5.97 Å². The molecule has 1 rings (SSSR count). The largest absolute Gasteiger partial charge is 0.478 e. The smallest absolute Gasteiger partial charge is 0.337 e. The van der Waals surface area contributed by atoms with Crippen molar-refractivity contribution >= 4 is 17.3 Å². The van der Waals surface area contributed by atoms with Crippen LogP contribution in [0, 0.1) is 10.1 Å². The Morgan fingerprint density at radius 3 is 2.65 bits per heavy atom. The summed E-state index contributed by atoms with van der Waals surface area (Å²) in [6.45, 7) is 6.41. The second-order valence-electron chi connectivity index (χ2n) is 4.84. The molecule has 1 aromatic carbocycles. The van der Waals surface area contributed by atoms with Gasteiger partial charge in [-0.05, 0) is 26.8 Å². The number of rotatable bonds is 7. The van der Waals surface area contributed by atoms with Gasteiger partial charge in [-0.3, -0.25) is 10.1 Å². The van der Waals surface area contributed by atoms with E-state index < -0.39 is 16.5 Å². The zero-order valence-corrected chi connectivity index (χ0v) is 11.7. The Bertz CT molecular complexity index is 513. The van der Waals surface area contributed by atoms with E-state index in [-0.39, 0.29) is 16.9 Å². The van der Waals surface area contributed by atoms with E-state index in [1.807, 2.05) is 20.8 Å². The van der Waals surface area contributed by atoms with E-state index in [9.17, 15) is 14.9 Å². The Labute approximate surface area is 116 Å². The van der Waals surface area contributed by atoms with Gasteiger partial charge in [0.15, 0.2) is 0 Å². The molecule has 0 aliphatic rings. The van der Waals surface area contributed by atoms with Crippen LogP contribution in [-0.2, 0) is 4.74 Å². The average molecular weight is 282 g/mol. The summed E-state index contributed by atoms with van der Waals surface area (Å²) in [4.78, 5) is 21.3. The predicted octanol–water partition coefficient (Wildman–Crippen LogP) is 2.52. The SMILES string of the molecule is CCOC(C)(C)CNc1cc([N+](=O)[O-])ccc1C(=O)O. The van der Waals surface area contributed by atoms with Gasteiger partial charge in [-0.25, -0.2) is 4.79 Å². The summed E-state index contributed by atoms with van der Waals surface area (Å²) in [5, 5.41) is 22.7. The highest BCUT2D eigenvalue weighted by molar-refractivity contribution is 5.94. The van der Waals surface area contributed by atoms with Crippen molar-refractivity contribution in [2.24, 2.45) is 0 Å². The van der Waals surface area contributed by atoms with E-state index in [0.29, 0.717) is 13.2 Å². The van der Waals surface area contributed by atoms with Gasteiger partial charge in [0.2, 0.25) is 0 Å². The van der Waals surface area contributed by atoms with E-state index in [2.05, 4.69) is 5.32 Å². The van der Waals surface area contributed by atoms with Crippen LogP contribution in [0.25, 0.3) is 0 Å². The molecule has 0 saturated carbocycles. The second-order valence-corrected chi connectivity index (χ2v) is 4.84. The molecule has 20 heavy (non-hydrogen) atoms. The minimum absolute atomic E-state index is 0.0112. The number of nitrogens with one attached hydrogen (secondary N) is 1. The maximum absolute atomic E-state index is 11.1. The summed E-state index contributed by atoms with van der Waals surface area (Å²) in [5.41, 5.74) is -0.469. The average Bonchev–Trinajstić information content (AvgIpc) is 2.35. The van der Waals surface area contributed by atoms with Gasteiger partial charge in [-0.1, -0.05) is 0 Å². The maximum atomic E-state index is 11.1. The number of carboxylic acid groups (broad SMARTS) is 1. The van der Waals surface area contributed by atoms with Gasteiger partial charge in [0.25, 0.3) is 5.69 Å². The fraction of sp³-hybridized carbons (Fsp3) is 0.462. The molecule has 7 nitrogen and oxygen atoms in total. The Hall–Kier alpha value is -2.15. The number of anilines is 1. The van der Waals surface area contributed by atoms with Crippen LogP contribution in [0.2, 0.25) is 0 Å². The maximum Gasteiger partial charge on any atom is 0.337 e. The molecule has 0 radical (unpaired) electrons. The first kappa shape index (κ1) is 15.9. The van der Waals surface area contributed by atoms with E-state index >= 15 is 0 Å². The van der Waals surface area contributed by atoms with Crippen molar-refractivity contribution in [2.45, 2.75) is 26.4 Å². The van der Waals surface area contributed by atoms with Gasteiger partial charge < -0.3 is 15.2 Å². The molecular formula is C13H18N2O5. The van der Waals surface area contributed by atoms with Crippen molar-refractivity contribution in [1.82, 2.24) is 0 Å². The van der Waals surface area contributed by atoms with Crippen molar-refractivity contribution in [3.8, 4) is 0 Å². The third-order valence-electron chi connectivity index (χ3n) is 2.68. The number of carbonyl (C=O) groups is 1. The minimum atomic E-state index is -1.14. The van der Waals surface area contributed by atoms with Crippen LogP contribution in [-0.4, -0.2) is 34.8 Å². The lowest BCUT2D eigenvalue weighted by Gasteiger charge is -2.25. The number of benzene rings is 1. The molecule has 7 heteroatoms. The molecule has 0 amide bonds. The summed E-state index contributed by atoms with van der Waals surface area (Å²) < 4.78 is 5.49. The highest BCUT2D eigenvalue weighted by Gasteiger charge is 2.20. The van der Waals surface area contributed by atoms with E-state index in [1.54, 1.807) is 0 Å². The van der Waals surface area contributed by atoms with Crippen molar-refractivity contribution in [3.63, 3.8) is 0 Å². The number of hydrogen-bond donors (Lipinski definition) is 2. The van der Waals surface area contributed by atoms with E-state index in [1.165, 1.54) is 18.2 Å². The minimum Gasteiger partial charge on any atom is -0.478 e. The summed E-state index contributed by atoms with van der Waals surface area (Å²) in [7, 11) is 0. The fourth-order valence-corrected chi connectivity index (χ4v) is 1.73. The Morgan fingerprint density at radius 1 is 1.50 bits per heavy atom. The van der Waals surface area contributed by atoms with Gasteiger partial charge in [0.05, 0.1) is 21.8 Å². The molecule has 0 aliphatic heterocycles. The summed E-state index contributed by atoms with van der Waals surface area (Å²) in [6, 6.07) is 3.60. The third-order valence-corrected chi connectivity index (χ3v) is 2.68. The first-order valence-corrected chi connectivity index (χ1v) is 6.16. The molecule has 0 unspecified atom stereocenters. The molecule has 0 bridgehead atoms. The third kappa shape index (κ3) is 4.20. The molecule has 0 heterocycles. The molecule has 0 saturated heterocycles. The van der Waals surface area contributed by atoms with Crippen LogP contribution in [0.5, 0.6) is 0 Å². The molecule has 0 aliphatic carbocycles. The topological polar surface area (TPSA) is 102 Å². The molecule has 110 valence electrons. The number of carboxylic acids is 1. The lowest BCUT2D eigenvalue weighted by molar-refractivity contribution is -0.384. The molecule has 0 aromatic heterocycles. The normalized spacial score (nSPS) is 11.2. The van der Waals surface area contributed by atoms with Crippen molar-refractivity contribution in [3.05, 3.63) is 33.9 Å². The quantitative estimate of drug-likeness (QED) is 0.588. The molecule has 1 aromatic rings. The lowest BCUT2D eigenvalue weighted by Crippen LogP contribution is -2.33. The summed E-state index contributed by atoms with van der Waals surface area (Å²) >= 11 is 0. The van der Waals surface area contributed by atoms with Gasteiger partial charge in [0, 0.05) is 25.3 Å². The molecule has 2 N–H and O–H groups in total. The number of nitrogens with zero attached hydrogens (tertiary/aromatic N) is 1. The van der Waals surface area contributed by atoms with Crippen molar-refractivity contribution < 1.29 is 19.6 Å². The lowest BCUT2D eigenvalue weighted by atomic mass is 10.1. The monoisotopic (exact) mass is 282 g/mol. The summed E-state index contributed by atoms with van der Waals surface area (Å²) in [6.07, 6.45) is 0. The van der Waals surface area contributed by atoms with Gasteiger partial charge in [-0.2, -0.15) is 0 Å². The fourth-order valence-electron chi connectivity index (χ4n) is 1.73. The first-order valence-electron chi connectivity index (χ1n) is 6.16. The standard InChI is InChI=1S/C13H18N2O5/c1-4-20-13(2,3)8-14-11-7-9(15(18)19)5-6-10(11)12(16)17/h5-7,14H,4,8H2,1-3H3,(H,16,17). The zero-order chi connectivity index (χ0) is 15.3. The van der Waals surface area contributed by atoms with Gasteiger partial charge in [-0.15, -0.1) is 0 Å². The Balaban J connectivity index is 2.99. The number of nitro benzene ring substituents is 1. The molecule has 0 fully saturated rings. The van der Waals surface area contributed by atoms with E-state index in [0.717, 1.165) is 0 Å². The van der Waals surface area contributed by atoms with Crippen LogP contribution in [0.3, 0.4) is 0 Å². The van der Waals surface area contributed by atoms with Crippen LogP contribution in [0.1, 0.15) is 31.1 Å². The van der Waals surface area contributed by atoms with Crippen LogP contribution in [0.15, 0.2) is 18.2 Å². The zero-order valence-electron chi connectivity index (χ0n) is 11.7. The highest BCUT2D eigenvalue weighted by Crippen LogP contribution is 2.23. The number of non-ortho nitro benzene ring substituents is 1. The van der Waals surface area contributed by atoms with Crippen molar-refractivity contribution in [2.75, 3.05) is 18.5 Å². The van der Waals surface area contributed by atoms with Crippen LogP contribution in [0.4, 0.5) is 11.4 Å². The number of hydrogen-bond acceptors (Lipinski definition) is 5.